The summed E-state index contributed by atoms with van der Waals surface area (Å²) in [6.07, 6.45) is 0. The van der Waals surface area contributed by atoms with Crippen LogP contribution in [0.15, 0.2) is 0 Å². The predicted molar refractivity (Wildman–Crippen MR) is 37.7 cm³/mol. The highest BCUT2D eigenvalue weighted by Crippen LogP contribution is 1.89. The van der Waals surface area contributed by atoms with Crippen molar-refractivity contribution in [2.75, 3.05) is 6.54 Å². The van der Waals surface area contributed by atoms with Gasteiger partial charge in [0, 0.05) is 12.1 Å². The first kappa shape index (κ1) is 11.0. The van der Waals surface area contributed by atoms with Crippen LogP contribution in [-0.4, -0.2) is 12.1 Å². The molecule has 0 atom stereocenters. The molecule has 0 aliphatic heterocycles. The Balaban J connectivity index is 0. The van der Waals surface area contributed by atoms with Gasteiger partial charge in [-0.25, -0.2) is 0 Å². The van der Waals surface area contributed by atoms with E-state index in [1.54, 1.807) is 0 Å². The molecule has 0 saturated heterocycles. The highest BCUT2D eigenvalue weighted by Gasteiger charge is 2.06. The van der Waals surface area contributed by atoms with Crippen molar-refractivity contribution in [2.24, 2.45) is 11.6 Å². The summed E-state index contributed by atoms with van der Waals surface area (Å²) in [4.78, 5) is 0. The maximum atomic E-state index is 5.50. The molecule has 52 valence electrons. The number of rotatable bonds is 2. The average Bonchev–Trinajstić information content (AvgIpc) is 1.30. The van der Waals surface area contributed by atoms with Crippen LogP contribution < -0.4 is 17.0 Å². The molecule has 0 aromatic carbocycles. The Labute approximate surface area is 56.2 Å². The highest BCUT2D eigenvalue weighted by molar-refractivity contribution is 5.85. The van der Waals surface area contributed by atoms with Crippen LogP contribution >= 0.6 is 12.4 Å². The minimum Gasteiger partial charge on any atom is -0.324 e. The predicted octanol–water partition coefficient (Wildman–Crippen LogP) is -0.391. The molecule has 0 aliphatic rings. The largest absolute Gasteiger partial charge is 0.324 e. The van der Waals surface area contributed by atoms with E-state index in [4.69, 9.17) is 11.6 Å². The summed E-state index contributed by atoms with van der Waals surface area (Å²) in [7, 11) is 0. The van der Waals surface area contributed by atoms with Gasteiger partial charge < -0.3 is 5.73 Å². The van der Waals surface area contributed by atoms with Crippen molar-refractivity contribution in [2.45, 2.75) is 19.4 Å². The normalized spacial score (nSPS) is 10.5. The fourth-order valence-corrected chi connectivity index (χ4v) is 0.263. The molecule has 0 heterocycles. The monoisotopic (exact) mass is 139 g/mol. The first-order valence-corrected chi connectivity index (χ1v) is 2.28. The smallest absolute Gasteiger partial charge is 0.0273 e. The van der Waals surface area contributed by atoms with Gasteiger partial charge in [-0.2, -0.15) is 0 Å². The van der Waals surface area contributed by atoms with Gasteiger partial charge in [-0.1, -0.05) is 0 Å². The summed E-state index contributed by atoms with van der Waals surface area (Å²) in [5.41, 5.74) is 7.80. The van der Waals surface area contributed by atoms with Gasteiger partial charge in [0.1, 0.15) is 0 Å². The van der Waals surface area contributed by atoms with E-state index in [1.165, 1.54) is 0 Å². The number of halogens is 1. The average molecular weight is 140 g/mol. The van der Waals surface area contributed by atoms with Crippen LogP contribution in [0, 0.1) is 0 Å². The lowest BCUT2D eigenvalue weighted by Crippen LogP contribution is -2.45. The Morgan fingerprint density at radius 1 is 1.50 bits per heavy atom. The molecule has 0 spiro atoms. The third-order valence-electron chi connectivity index (χ3n) is 0.558. The van der Waals surface area contributed by atoms with Gasteiger partial charge >= 0.3 is 0 Å². The number of nitrogens with two attached hydrogens (primary N) is 2. The van der Waals surface area contributed by atoms with Gasteiger partial charge in [0.15, 0.2) is 0 Å². The topological polar surface area (TPSA) is 64.1 Å². The molecular formula is C4H14ClN3. The second kappa shape index (κ2) is 4.09. The fraction of sp³-hybridized carbons (Fsp3) is 1.00. The zero-order valence-corrected chi connectivity index (χ0v) is 6.09. The summed E-state index contributed by atoms with van der Waals surface area (Å²) in [5.74, 6) is 4.98. The second-order valence-corrected chi connectivity index (χ2v) is 2.37. The van der Waals surface area contributed by atoms with Crippen LogP contribution in [0.3, 0.4) is 0 Å². The molecule has 0 rings (SSSR count). The van der Waals surface area contributed by atoms with Crippen LogP contribution in [-0.2, 0) is 0 Å². The van der Waals surface area contributed by atoms with Crippen LogP contribution in [0.2, 0.25) is 0 Å². The van der Waals surface area contributed by atoms with E-state index in [0.717, 1.165) is 0 Å². The molecule has 0 amide bonds. The summed E-state index contributed by atoms with van der Waals surface area (Å²) in [5, 5.41) is 0. The van der Waals surface area contributed by atoms with Crippen molar-refractivity contribution in [3.63, 3.8) is 0 Å². The number of hydrogen-bond donors (Lipinski definition) is 3. The van der Waals surface area contributed by atoms with Gasteiger partial charge in [-0.3, -0.25) is 11.3 Å². The Bertz CT molecular complexity index is 49.7. The molecule has 0 unspecified atom stereocenters. The molecule has 4 heteroatoms. The van der Waals surface area contributed by atoms with E-state index in [1.807, 2.05) is 13.8 Å². The van der Waals surface area contributed by atoms with Crippen LogP contribution in [0.4, 0.5) is 0 Å². The lowest BCUT2D eigenvalue weighted by atomic mass is 10.1. The molecule has 0 aliphatic carbocycles. The SMILES string of the molecule is CC(C)(N)CNN.Cl. The van der Waals surface area contributed by atoms with E-state index >= 15 is 0 Å². The molecule has 0 bridgehead atoms. The molecule has 8 heavy (non-hydrogen) atoms. The quantitative estimate of drug-likeness (QED) is 0.361. The van der Waals surface area contributed by atoms with Crippen LogP contribution in [0.5, 0.6) is 0 Å². The molecule has 0 radical (unpaired) electrons. The lowest BCUT2D eigenvalue weighted by molar-refractivity contribution is 0.475. The Morgan fingerprint density at radius 2 is 1.88 bits per heavy atom. The zero-order valence-electron chi connectivity index (χ0n) is 5.27. The van der Waals surface area contributed by atoms with E-state index in [-0.39, 0.29) is 17.9 Å². The summed E-state index contributed by atoms with van der Waals surface area (Å²) >= 11 is 0. The number of nitrogens with one attached hydrogen (secondary N) is 1. The first-order chi connectivity index (χ1) is 3.06. The van der Waals surface area contributed by atoms with E-state index < -0.39 is 0 Å². The zero-order chi connectivity index (χ0) is 5.91. The minimum absolute atomic E-state index is 0. The molecule has 0 aromatic rings. The standard InChI is InChI=1S/C4H13N3.ClH/c1-4(2,5)3-7-6;/h7H,3,5-6H2,1-2H3;1H. The van der Waals surface area contributed by atoms with Gasteiger partial charge in [0.05, 0.1) is 0 Å². The number of hydrogen-bond acceptors (Lipinski definition) is 3. The maximum absolute atomic E-state index is 5.50. The second-order valence-electron chi connectivity index (χ2n) is 2.37. The number of hydrazine groups is 1. The van der Waals surface area contributed by atoms with Gasteiger partial charge in [0.2, 0.25) is 0 Å². The molecule has 0 saturated carbocycles. The van der Waals surface area contributed by atoms with Crippen molar-refractivity contribution in [1.29, 1.82) is 0 Å². The van der Waals surface area contributed by atoms with E-state index in [9.17, 15) is 0 Å². The molecule has 0 aromatic heterocycles. The maximum Gasteiger partial charge on any atom is 0.0273 e. The van der Waals surface area contributed by atoms with Crippen molar-refractivity contribution in [1.82, 2.24) is 5.43 Å². The summed E-state index contributed by atoms with van der Waals surface area (Å²) in [6.45, 7) is 4.46. The van der Waals surface area contributed by atoms with Gasteiger partial charge in [-0.15, -0.1) is 12.4 Å². The van der Waals surface area contributed by atoms with Gasteiger partial charge in [0.25, 0.3) is 0 Å². The third-order valence-corrected chi connectivity index (χ3v) is 0.558. The van der Waals surface area contributed by atoms with E-state index in [0.29, 0.717) is 6.54 Å². The molecule has 3 nitrogen and oxygen atoms in total. The Hall–Kier alpha value is 0.170. The van der Waals surface area contributed by atoms with Crippen LogP contribution in [0.25, 0.3) is 0 Å². The molecule has 5 N–H and O–H groups in total. The Morgan fingerprint density at radius 3 is 1.88 bits per heavy atom. The summed E-state index contributed by atoms with van der Waals surface area (Å²) < 4.78 is 0. The Kier molecular flexibility index (Phi) is 5.64. The lowest BCUT2D eigenvalue weighted by Gasteiger charge is -2.16. The van der Waals surface area contributed by atoms with E-state index in [2.05, 4.69) is 5.43 Å². The first-order valence-electron chi connectivity index (χ1n) is 2.28. The fourth-order valence-electron chi connectivity index (χ4n) is 0.263. The third kappa shape index (κ3) is 9.48. The highest BCUT2D eigenvalue weighted by atomic mass is 35.5. The van der Waals surface area contributed by atoms with Crippen molar-refractivity contribution in [3.05, 3.63) is 0 Å². The van der Waals surface area contributed by atoms with Crippen molar-refractivity contribution < 1.29 is 0 Å². The van der Waals surface area contributed by atoms with Gasteiger partial charge in [-0.05, 0) is 13.8 Å². The summed E-state index contributed by atoms with van der Waals surface area (Å²) in [6, 6.07) is 0. The van der Waals surface area contributed by atoms with Crippen molar-refractivity contribution in [3.8, 4) is 0 Å². The van der Waals surface area contributed by atoms with Crippen LogP contribution in [0.1, 0.15) is 13.8 Å². The van der Waals surface area contributed by atoms with Crippen molar-refractivity contribution >= 4 is 12.4 Å². The molecule has 0 fully saturated rings. The molecular weight excluding hydrogens is 126 g/mol. The minimum atomic E-state index is -0.186.